The Hall–Kier alpha value is -2.19. The third-order valence-electron chi connectivity index (χ3n) is 3.03. The van der Waals surface area contributed by atoms with Crippen LogP contribution < -0.4 is 5.32 Å². The first-order chi connectivity index (χ1) is 10.1. The van der Waals surface area contributed by atoms with E-state index in [0.717, 1.165) is 15.7 Å². The van der Waals surface area contributed by atoms with Crippen molar-refractivity contribution in [1.82, 2.24) is 4.98 Å². The number of hydrogen-bond acceptors (Lipinski definition) is 3. The van der Waals surface area contributed by atoms with Crippen molar-refractivity contribution >= 4 is 27.7 Å². The van der Waals surface area contributed by atoms with Crippen LogP contribution in [0.2, 0.25) is 0 Å². The number of aryl methyl sites for hydroxylation is 1. The van der Waals surface area contributed by atoms with Gasteiger partial charge in [0.15, 0.2) is 0 Å². The van der Waals surface area contributed by atoms with Crippen LogP contribution in [0.5, 0.6) is 0 Å². The van der Waals surface area contributed by atoms with Crippen LogP contribution in [0.4, 0.5) is 5.82 Å². The lowest BCUT2D eigenvalue weighted by Crippen LogP contribution is -2.24. The van der Waals surface area contributed by atoms with Gasteiger partial charge in [-0.1, -0.05) is 30.3 Å². The largest absolute Gasteiger partial charge is 0.310 e. The van der Waals surface area contributed by atoms with Crippen LogP contribution >= 0.6 is 15.9 Å². The van der Waals surface area contributed by atoms with Crippen molar-refractivity contribution in [2.75, 3.05) is 5.32 Å². The number of halogens is 1. The van der Waals surface area contributed by atoms with Crippen LogP contribution in [0.15, 0.2) is 46.9 Å². The molecule has 5 heteroatoms. The molecule has 2 aromatic rings. The summed E-state index contributed by atoms with van der Waals surface area (Å²) in [5.74, 6) is -0.622. The number of carbonyl (C=O) groups is 1. The van der Waals surface area contributed by atoms with Crippen molar-refractivity contribution < 1.29 is 4.79 Å². The fourth-order valence-corrected chi connectivity index (χ4v) is 2.09. The van der Waals surface area contributed by atoms with Gasteiger partial charge in [0, 0.05) is 4.47 Å². The minimum Gasteiger partial charge on any atom is -0.310 e. The van der Waals surface area contributed by atoms with Gasteiger partial charge in [-0.05, 0) is 47.0 Å². The molecule has 1 N–H and O–H groups in total. The molecular weight excluding hydrogens is 330 g/mol. The number of anilines is 1. The summed E-state index contributed by atoms with van der Waals surface area (Å²) >= 11 is 3.35. The van der Waals surface area contributed by atoms with Crippen molar-refractivity contribution in [3.05, 3.63) is 58.2 Å². The number of benzene rings is 1. The monoisotopic (exact) mass is 343 g/mol. The van der Waals surface area contributed by atoms with E-state index in [0.29, 0.717) is 12.2 Å². The maximum absolute atomic E-state index is 12.2. The van der Waals surface area contributed by atoms with E-state index in [-0.39, 0.29) is 5.91 Å². The highest BCUT2D eigenvalue weighted by molar-refractivity contribution is 9.10. The Balaban J connectivity index is 2.07. The van der Waals surface area contributed by atoms with Crippen LogP contribution in [0.3, 0.4) is 0 Å². The highest BCUT2D eigenvalue weighted by Crippen LogP contribution is 2.17. The van der Waals surface area contributed by atoms with Crippen LogP contribution in [-0.4, -0.2) is 10.9 Å². The topological polar surface area (TPSA) is 65.8 Å². The highest BCUT2D eigenvalue weighted by Gasteiger charge is 2.19. The lowest BCUT2D eigenvalue weighted by molar-refractivity contribution is -0.118. The van der Waals surface area contributed by atoms with E-state index in [4.69, 9.17) is 0 Å². The molecule has 2 rings (SSSR count). The average molecular weight is 344 g/mol. The maximum Gasteiger partial charge on any atom is 0.243 e. The van der Waals surface area contributed by atoms with Gasteiger partial charge in [0.1, 0.15) is 11.7 Å². The molecule has 0 aliphatic heterocycles. The van der Waals surface area contributed by atoms with Crippen LogP contribution in [0, 0.1) is 24.2 Å². The first-order valence-corrected chi connectivity index (χ1v) is 7.27. The Morgan fingerprint density at radius 2 is 2.05 bits per heavy atom. The first-order valence-electron chi connectivity index (χ1n) is 6.47. The van der Waals surface area contributed by atoms with Crippen molar-refractivity contribution in [3.63, 3.8) is 0 Å². The van der Waals surface area contributed by atoms with E-state index in [2.05, 4.69) is 26.2 Å². The average Bonchev–Trinajstić information content (AvgIpc) is 2.49. The SMILES string of the molecule is Cc1nc(NC(=O)C(C#N)Cc2ccccc2)ccc1Br. The Kier molecular flexibility index (Phi) is 5.07. The van der Waals surface area contributed by atoms with Crippen LogP contribution in [-0.2, 0) is 11.2 Å². The zero-order valence-electron chi connectivity index (χ0n) is 11.5. The van der Waals surface area contributed by atoms with Gasteiger partial charge in [0.25, 0.3) is 0 Å². The molecule has 0 radical (unpaired) electrons. The molecule has 106 valence electrons. The molecule has 0 saturated carbocycles. The number of pyridine rings is 1. The second-order valence-corrected chi connectivity index (χ2v) is 5.48. The molecule has 1 aromatic carbocycles. The van der Waals surface area contributed by atoms with E-state index >= 15 is 0 Å². The van der Waals surface area contributed by atoms with E-state index in [1.165, 1.54) is 0 Å². The minimum atomic E-state index is -0.738. The standard InChI is InChI=1S/C16H14BrN3O/c1-11-14(17)7-8-15(19-11)20-16(21)13(10-18)9-12-5-3-2-4-6-12/h2-8,13H,9H2,1H3,(H,19,20,21). The third-order valence-corrected chi connectivity index (χ3v) is 3.87. The van der Waals surface area contributed by atoms with Gasteiger partial charge >= 0.3 is 0 Å². The van der Waals surface area contributed by atoms with Crippen molar-refractivity contribution in [3.8, 4) is 6.07 Å². The zero-order valence-corrected chi connectivity index (χ0v) is 13.1. The zero-order chi connectivity index (χ0) is 15.2. The molecule has 21 heavy (non-hydrogen) atoms. The fraction of sp³-hybridized carbons (Fsp3) is 0.188. The summed E-state index contributed by atoms with van der Waals surface area (Å²) in [6.45, 7) is 1.84. The molecule has 1 aromatic heterocycles. The van der Waals surface area contributed by atoms with Gasteiger partial charge in [-0.25, -0.2) is 4.98 Å². The van der Waals surface area contributed by atoms with Gasteiger partial charge in [-0.15, -0.1) is 0 Å². The predicted octanol–water partition coefficient (Wildman–Crippen LogP) is 3.47. The normalized spacial score (nSPS) is 11.5. The molecule has 4 nitrogen and oxygen atoms in total. The number of amides is 1. The summed E-state index contributed by atoms with van der Waals surface area (Å²) in [5, 5.41) is 11.9. The third kappa shape index (κ3) is 4.14. The minimum absolute atomic E-state index is 0.337. The lowest BCUT2D eigenvalue weighted by atomic mass is 10.00. The molecule has 0 aliphatic carbocycles. The Bertz CT molecular complexity index is 680. The van der Waals surface area contributed by atoms with Crippen LogP contribution in [0.1, 0.15) is 11.3 Å². The molecule has 1 amide bonds. The van der Waals surface area contributed by atoms with Crippen molar-refractivity contribution in [1.29, 1.82) is 5.26 Å². The van der Waals surface area contributed by atoms with E-state index in [1.807, 2.05) is 49.4 Å². The number of nitriles is 1. The quantitative estimate of drug-likeness (QED) is 0.924. The number of rotatable bonds is 4. The Labute approximate surface area is 132 Å². The lowest BCUT2D eigenvalue weighted by Gasteiger charge is -2.10. The molecule has 0 saturated heterocycles. The Morgan fingerprint density at radius 1 is 1.33 bits per heavy atom. The van der Waals surface area contributed by atoms with Gasteiger partial charge in [0.2, 0.25) is 5.91 Å². The Morgan fingerprint density at radius 3 is 2.67 bits per heavy atom. The fourth-order valence-electron chi connectivity index (χ4n) is 1.87. The van der Waals surface area contributed by atoms with E-state index < -0.39 is 5.92 Å². The van der Waals surface area contributed by atoms with Gasteiger partial charge in [0.05, 0.1) is 11.8 Å². The molecule has 0 bridgehead atoms. The molecule has 0 spiro atoms. The first kappa shape index (κ1) is 15.2. The van der Waals surface area contributed by atoms with Crippen molar-refractivity contribution in [2.45, 2.75) is 13.3 Å². The molecule has 0 fully saturated rings. The number of nitrogens with one attached hydrogen (secondary N) is 1. The second kappa shape index (κ2) is 7.00. The van der Waals surface area contributed by atoms with E-state index in [1.54, 1.807) is 6.07 Å². The molecule has 1 unspecified atom stereocenters. The number of aromatic nitrogens is 1. The number of carbonyl (C=O) groups excluding carboxylic acids is 1. The second-order valence-electron chi connectivity index (χ2n) is 4.62. The molecular formula is C16H14BrN3O. The summed E-state index contributed by atoms with van der Waals surface area (Å²) in [5.41, 5.74) is 1.74. The van der Waals surface area contributed by atoms with Crippen molar-refractivity contribution in [2.24, 2.45) is 5.92 Å². The molecule has 0 aliphatic rings. The molecule has 1 atom stereocenters. The number of hydrogen-bond donors (Lipinski definition) is 1. The maximum atomic E-state index is 12.2. The summed E-state index contributed by atoms with van der Waals surface area (Å²) in [7, 11) is 0. The summed E-state index contributed by atoms with van der Waals surface area (Å²) in [4.78, 5) is 16.4. The van der Waals surface area contributed by atoms with Gasteiger partial charge < -0.3 is 5.32 Å². The van der Waals surface area contributed by atoms with Gasteiger partial charge in [-0.2, -0.15) is 5.26 Å². The van der Waals surface area contributed by atoms with E-state index in [9.17, 15) is 10.1 Å². The predicted molar refractivity (Wildman–Crippen MR) is 84.6 cm³/mol. The highest BCUT2D eigenvalue weighted by atomic mass is 79.9. The summed E-state index contributed by atoms with van der Waals surface area (Å²) < 4.78 is 0.876. The van der Waals surface area contributed by atoms with Crippen LogP contribution in [0.25, 0.3) is 0 Å². The summed E-state index contributed by atoms with van der Waals surface area (Å²) in [6.07, 6.45) is 0.388. The smallest absolute Gasteiger partial charge is 0.243 e. The summed E-state index contributed by atoms with van der Waals surface area (Å²) in [6, 6.07) is 15.1. The number of nitrogens with zero attached hydrogens (tertiary/aromatic N) is 2. The van der Waals surface area contributed by atoms with Gasteiger partial charge in [-0.3, -0.25) is 4.79 Å². The molecule has 1 heterocycles.